The first-order valence-corrected chi connectivity index (χ1v) is 16.1. The molecular formula is C33H39N3O8S. The molecule has 1 heterocycles. The molecule has 0 radical (unpaired) electrons. The summed E-state index contributed by atoms with van der Waals surface area (Å²) >= 11 is 0. The van der Waals surface area contributed by atoms with Crippen molar-refractivity contribution in [3.63, 3.8) is 0 Å². The Morgan fingerprint density at radius 2 is 1.76 bits per heavy atom. The van der Waals surface area contributed by atoms with E-state index < -0.39 is 40.3 Å². The number of aliphatic hydroxyl groups is 1. The number of carbonyl (C=O) groups is 3. The van der Waals surface area contributed by atoms with Crippen LogP contribution in [-0.4, -0.2) is 80.6 Å². The predicted molar refractivity (Wildman–Crippen MR) is 169 cm³/mol. The number of ether oxygens (including phenoxy) is 2. The number of aliphatic hydroxyl groups excluding tert-OH is 1. The second-order valence-electron chi connectivity index (χ2n) is 11.4. The number of benzene rings is 3. The van der Waals surface area contributed by atoms with E-state index in [0.717, 1.165) is 5.56 Å². The summed E-state index contributed by atoms with van der Waals surface area (Å²) in [6.07, 6.45) is -3.08. The van der Waals surface area contributed by atoms with Crippen LogP contribution in [0.3, 0.4) is 0 Å². The summed E-state index contributed by atoms with van der Waals surface area (Å²) in [6, 6.07) is 20.8. The van der Waals surface area contributed by atoms with Crippen molar-refractivity contribution in [2.45, 2.75) is 50.3 Å². The fourth-order valence-corrected chi connectivity index (χ4v) is 6.71. The zero-order valence-corrected chi connectivity index (χ0v) is 26.6. The Bertz CT molecular complexity index is 1610. The van der Waals surface area contributed by atoms with Gasteiger partial charge in [-0.2, -0.15) is 4.31 Å². The minimum Gasteiger partial charge on any atom is -0.497 e. The Balaban J connectivity index is 1.56. The maximum atomic E-state index is 13.7. The van der Waals surface area contributed by atoms with Crippen LogP contribution in [0.25, 0.3) is 0 Å². The molecule has 1 aliphatic heterocycles. The summed E-state index contributed by atoms with van der Waals surface area (Å²) in [7, 11) is -2.60. The van der Waals surface area contributed by atoms with Gasteiger partial charge >= 0.3 is 6.09 Å². The van der Waals surface area contributed by atoms with Gasteiger partial charge in [-0.15, -0.1) is 0 Å². The Kier molecular flexibility index (Phi) is 11.0. The van der Waals surface area contributed by atoms with E-state index in [4.69, 9.17) is 9.47 Å². The number of hydrogen-bond acceptors (Lipinski definition) is 8. The molecule has 2 amide bonds. The second kappa shape index (κ2) is 14.7. The molecule has 1 aliphatic rings. The lowest BCUT2D eigenvalue weighted by molar-refractivity contribution is -0.129. The lowest BCUT2D eigenvalue weighted by atomic mass is 10.0. The van der Waals surface area contributed by atoms with Crippen molar-refractivity contribution in [3.05, 3.63) is 90.0 Å². The summed E-state index contributed by atoms with van der Waals surface area (Å²) in [6.45, 7) is 4.87. The van der Waals surface area contributed by atoms with Gasteiger partial charge in [0.25, 0.3) is 5.91 Å². The first kappa shape index (κ1) is 33.6. The molecule has 0 saturated carbocycles. The average Bonchev–Trinajstić information content (AvgIpc) is 3.42. The minimum atomic E-state index is -4.05. The smallest absolute Gasteiger partial charge is 0.415 e. The fraction of sp³-hybridized carbons (Fsp3) is 0.364. The Labute approximate surface area is 263 Å². The highest BCUT2D eigenvalue weighted by Gasteiger charge is 2.39. The Hall–Kier alpha value is -4.26. The number of sulfonamides is 1. The highest BCUT2D eigenvalue weighted by Crippen LogP contribution is 2.25. The molecule has 11 nitrogen and oxygen atoms in total. The van der Waals surface area contributed by atoms with Gasteiger partial charge in [0.1, 0.15) is 5.75 Å². The largest absolute Gasteiger partial charge is 0.497 e. The van der Waals surface area contributed by atoms with Gasteiger partial charge < -0.3 is 19.9 Å². The Morgan fingerprint density at radius 1 is 1.04 bits per heavy atom. The number of nitrogens with zero attached hydrogens (tertiary/aromatic N) is 2. The van der Waals surface area contributed by atoms with E-state index >= 15 is 0 Å². The molecule has 240 valence electrons. The molecule has 1 saturated heterocycles. The fourth-order valence-electron chi connectivity index (χ4n) is 5.05. The topological polar surface area (TPSA) is 143 Å². The number of hydrogen-bond donors (Lipinski definition) is 2. The zero-order chi connectivity index (χ0) is 32.7. The van der Waals surface area contributed by atoms with E-state index in [-0.39, 0.29) is 42.7 Å². The number of Topliss-reactive ketones (excluding diaryl/α,β-unsaturated/α-hetero) is 1. The third-order valence-electron chi connectivity index (χ3n) is 7.40. The van der Waals surface area contributed by atoms with E-state index in [2.05, 4.69) is 5.32 Å². The van der Waals surface area contributed by atoms with Crippen molar-refractivity contribution in [2.75, 3.05) is 31.6 Å². The second-order valence-corrected chi connectivity index (χ2v) is 13.3. The van der Waals surface area contributed by atoms with E-state index in [1.807, 2.05) is 44.2 Å². The lowest BCUT2D eigenvalue weighted by Crippen LogP contribution is -2.53. The normalized spacial score (nSPS) is 16.4. The average molecular weight is 638 g/mol. The number of nitrogens with one attached hydrogen (secondary N) is 1. The number of rotatable bonds is 14. The van der Waals surface area contributed by atoms with Crippen LogP contribution < -0.4 is 15.0 Å². The highest BCUT2D eigenvalue weighted by atomic mass is 32.2. The summed E-state index contributed by atoms with van der Waals surface area (Å²) < 4.78 is 39.3. The van der Waals surface area contributed by atoms with Crippen molar-refractivity contribution in [1.82, 2.24) is 9.62 Å². The minimum absolute atomic E-state index is 0.0187. The van der Waals surface area contributed by atoms with Crippen LogP contribution in [0.2, 0.25) is 0 Å². The van der Waals surface area contributed by atoms with Gasteiger partial charge in [-0.3, -0.25) is 14.5 Å². The van der Waals surface area contributed by atoms with Gasteiger partial charge in [0.2, 0.25) is 10.0 Å². The van der Waals surface area contributed by atoms with Crippen molar-refractivity contribution in [3.8, 4) is 5.75 Å². The molecule has 3 aromatic carbocycles. The van der Waals surface area contributed by atoms with Gasteiger partial charge in [-0.1, -0.05) is 62.4 Å². The molecule has 4 rings (SSSR count). The molecule has 0 aromatic heterocycles. The van der Waals surface area contributed by atoms with Gasteiger partial charge in [-0.25, -0.2) is 13.2 Å². The summed E-state index contributed by atoms with van der Waals surface area (Å²) in [5.41, 5.74) is 1.63. The van der Waals surface area contributed by atoms with Crippen molar-refractivity contribution in [2.24, 2.45) is 5.92 Å². The van der Waals surface area contributed by atoms with Gasteiger partial charge in [0.05, 0.1) is 30.7 Å². The van der Waals surface area contributed by atoms with Crippen LogP contribution in [0.5, 0.6) is 5.75 Å². The van der Waals surface area contributed by atoms with Crippen molar-refractivity contribution in [1.29, 1.82) is 0 Å². The van der Waals surface area contributed by atoms with E-state index in [1.54, 1.807) is 36.4 Å². The molecule has 12 heteroatoms. The third kappa shape index (κ3) is 8.47. The van der Waals surface area contributed by atoms with E-state index in [1.165, 1.54) is 35.4 Å². The van der Waals surface area contributed by atoms with Crippen molar-refractivity contribution >= 4 is 33.5 Å². The first-order chi connectivity index (χ1) is 21.4. The summed E-state index contributed by atoms with van der Waals surface area (Å²) in [5, 5.41) is 14.3. The number of amides is 2. The number of methoxy groups -OCH3 is 1. The van der Waals surface area contributed by atoms with Crippen LogP contribution >= 0.6 is 0 Å². The predicted octanol–water partition coefficient (Wildman–Crippen LogP) is 3.66. The molecule has 0 spiro atoms. The quantitative estimate of drug-likeness (QED) is 0.255. The van der Waals surface area contributed by atoms with Gasteiger partial charge in [-0.05, 0) is 49.1 Å². The van der Waals surface area contributed by atoms with Crippen molar-refractivity contribution < 1.29 is 37.4 Å². The highest BCUT2D eigenvalue weighted by molar-refractivity contribution is 7.89. The standard InChI is InChI=1S/C33H39N3O8S/c1-22(2)19-35(45(41,42)28-15-9-14-27(18-28)43-4)20-30(38)29(16-24-10-6-5-7-11-24)34-32(39)31-21-36(33(40)44-31)26-13-8-12-25(17-26)23(3)37/h5-15,17-18,22,29-31,38H,16,19-21H2,1-4H3,(H,34,39)/t29-,30+,31-/m0/s1. The zero-order valence-electron chi connectivity index (χ0n) is 25.8. The SMILES string of the molecule is COc1cccc(S(=O)(=O)N(CC(C)C)C[C@@H](O)[C@H](Cc2ccccc2)NC(=O)[C@@H]2CN(c3cccc(C(C)=O)c3)C(=O)O2)c1. The van der Waals surface area contributed by atoms with Crippen LogP contribution in [0.1, 0.15) is 36.7 Å². The monoisotopic (exact) mass is 637 g/mol. The Morgan fingerprint density at radius 3 is 2.42 bits per heavy atom. The molecule has 0 unspecified atom stereocenters. The summed E-state index contributed by atoms with van der Waals surface area (Å²) in [4.78, 5) is 39.3. The maximum absolute atomic E-state index is 13.7. The van der Waals surface area contributed by atoms with E-state index in [0.29, 0.717) is 17.0 Å². The third-order valence-corrected chi connectivity index (χ3v) is 9.23. The van der Waals surface area contributed by atoms with Gasteiger partial charge in [0, 0.05) is 30.4 Å². The number of anilines is 1. The molecule has 1 fully saturated rings. The number of cyclic esters (lactones) is 1. The lowest BCUT2D eigenvalue weighted by Gasteiger charge is -2.31. The molecule has 0 aliphatic carbocycles. The number of carbonyl (C=O) groups excluding carboxylic acids is 3. The molecule has 3 aromatic rings. The van der Waals surface area contributed by atoms with E-state index in [9.17, 15) is 27.9 Å². The summed E-state index contributed by atoms with van der Waals surface area (Å²) in [5.74, 6) is -0.496. The van der Waals surface area contributed by atoms with Crippen LogP contribution in [0.4, 0.5) is 10.5 Å². The van der Waals surface area contributed by atoms with Gasteiger partial charge in [0.15, 0.2) is 11.9 Å². The molecule has 2 N–H and O–H groups in total. The van der Waals surface area contributed by atoms with Crippen LogP contribution in [-0.2, 0) is 26.0 Å². The first-order valence-electron chi connectivity index (χ1n) is 14.6. The molecule has 3 atom stereocenters. The molecular weight excluding hydrogens is 598 g/mol. The number of ketones is 1. The van der Waals surface area contributed by atoms with Crippen LogP contribution in [0.15, 0.2) is 83.8 Å². The van der Waals surface area contributed by atoms with Crippen LogP contribution in [0, 0.1) is 5.92 Å². The molecule has 45 heavy (non-hydrogen) atoms. The molecule has 0 bridgehead atoms. The maximum Gasteiger partial charge on any atom is 0.415 e.